The molecule has 2 rings (SSSR count). The number of ether oxygens (including phenoxy) is 2. The van der Waals surface area contributed by atoms with Crippen molar-refractivity contribution in [2.45, 2.75) is 59.0 Å². The van der Waals surface area contributed by atoms with Crippen LogP contribution in [0.1, 0.15) is 53.4 Å². The summed E-state index contributed by atoms with van der Waals surface area (Å²) < 4.78 is 10.8. The van der Waals surface area contributed by atoms with Crippen molar-refractivity contribution in [1.82, 2.24) is 5.06 Å². The lowest BCUT2D eigenvalue weighted by atomic mass is 10.2. The highest BCUT2D eigenvalue weighted by Gasteiger charge is 2.14. The Balaban J connectivity index is 0.000000690. The van der Waals surface area contributed by atoms with Crippen LogP contribution in [0.15, 0.2) is 60.7 Å². The standard InChI is InChI=1S/C15H20N2O4.C6H6.C6H14/c1-6-15(2,3)21-11-20-13-9-7-12(8-10-13)16-14(18)17(4)19-5;1-2-4-6-5-3-1;1-3-5-6-4-2/h1,7-10H,11H2,2-5H3,(H,16,18);1-6H;3-6H2,1-2H3. The van der Waals surface area contributed by atoms with Gasteiger partial charge in [0.05, 0.1) is 7.11 Å². The number of amides is 2. The van der Waals surface area contributed by atoms with Crippen molar-refractivity contribution >= 4 is 11.7 Å². The first kappa shape index (κ1) is 30.0. The van der Waals surface area contributed by atoms with Gasteiger partial charge in [0.25, 0.3) is 0 Å². The van der Waals surface area contributed by atoms with Crippen LogP contribution in [0.2, 0.25) is 0 Å². The van der Waals surface area contributed by atoms with Crippen molar-refractivity contribution < 1.29 is 19.1 Å². The van der Waals surface area contributed by atoms with E-state index in [1.165, 1.54) is 39.8 Å². The number of carbonyl (C=O) groups is 1. The van der Waals surface area contributed by atoms with Gasteiger partial charge < -0.3 is 14.8 Å². The molecule has 6 heteroatoms. The molecule has 0 radical (unpaired) electrons. The largest absolute Gasteiger partial charge is 0.467 e. The smallest absolute Gasteiger partial charge is 0.345 e. The first-order valence-electron chi connectivity index (χ1n) is 11.2. The van der Waals surface area contributed by atoms with Gasteiger partial charge in [-0.1, -0.05) is 81.8 Å². The van der Waals surface area contributed by atoms with Crippen LogP contribution < -0.4 is 10.1 Å². The fourth-order valence-electron chi connectivity index (χ4n) is 2.09. The van der Waals surface area contributed by atoms with Crippen LogP contribution in [-0.4, -0.2) is 37.6 Å². The van der Waals surface area contributed by atoms with Crippen LogP contribution in [0.3, 0.4) is 0 Å². The van der Waals surface area contributed by atoms with Crippen LogP contribution >= 0.6 is 0 Å². The number of benzene rings is 2. The van der Waals surface area contributed by atoms with Crippen molar-refractivity contribution in [3.05, 3.63) is 60.7 Å². The van der Waals surface area contributed by atoms with E-state index in [2.05, 4.69) is 25.1 Å². The van der Waals surface area contributed by atoms with E-state index in [9.17, 15) is 4.79 Å². The van der Waals surface area contributed by atoms with Gasteiger partial charge in [-0.25, -0.2) is 9.86 Å². The molecule has 0 heterocycles. The molecule has 6 nitrogen and oxygen atoms in total. The lowest BCUT2D eigenvalue weighted by Crippen LogP contribution is -2.30. The summed E-state index contributed by atoms with van der Waals surface area (Å²) in [6.07, 6.45) is 10.8. The van der Waals surface area contributed by atoms with Gasteiger partial charge in [-0.15, -0.1) is 6.42 Å². The van der Waals surface area contributed by atoms with Gasteiger partial charge in [0.1, 0.15) is 11.4 Å². The second kappa shape index (κ2) is 18.6. The topological polar surface area (TPSA) is 60.0 Å². The van der Waals surface area contributed by atoms with Crippen molar-refractivity contribution in [2.75, 3.05) is 26.3 Å². The summed E-state index contributed by atoms with van der Waals surface area (Å²) in [6, 6.07) is 18.5. The second-order valence-corrected chi connectivity index (χ2v) is 7.56. The van der Waals surface area contributed by atoms with E-state index < -0.39 is 5.60 Å². The predicted octanol–water partition coefficient (Wildman–Crippen LogP) is 6.75. The number of nitrogens with one attached hydrogen (secondary N) is 1. The van der Waals surface area contributed by atoms with Gasteiger partial charge in [-0.2, -0.15) is 0 Å². The number of hydrogen-bond donors (Lipinski definition) is 1. The molecule has 0 aromatic heterocycles. The fourth-order valence-corrected chi connectivity index (χ4v) is 2.09. The number of urea groups is 1. The molecule has 0 unspecified atom stereocenters. The van der Waals surface area contributed by atoms with Gasteiger partial charge in [0.2, 0.25) is 0 Å². The Morgan fingerprint density at radius 1 is 1.00 bits per heavy atom. The predicted molar refractivity (Wildman–Crippen MR) is 136 cm³/mol. The molecule has 1 N–H and O–H groups in total. The normalized spacial score (nSPS) is 9.85. The number of unbranched alkanes of at least 4 members (excludes halogenated alkanes) is 3. The quantitative estimate of drug-likeness (QED) is 0.196. The summed E-state index contributed by atoms with van der Waals surface area (Å²) in [7, 11) is 2.92. The third-order valence-electron chi connectivity index (χ3n) is 4.28. The summed E-state index contributed by atoms with van der Waals surface area (Å²) in [5.41, 5.74) is -0.0420. The number of hydroxylamine groups is 2. The van der Waals surface area contributed by atoms with Gasteiger partial charge in [-0.05, 0) is 38.1 Å². The minimum Gasteiger partial charge on any atom is -0.467 e. The van der Waals surface area contributed by atoms with Gasteiger partial charge in [0, 0.05) is 12.7 Å². The highest BCUT2D eigenvalue weighted by atomic mass is 16.7. The van der Waals surface area contributed by atoms with Gasteiger partial charge in [-0.3, -0.25) is 4.84 Å². The maximum Gasteiger partial charge on any atom is 0.345 e. The lowest BCUT2D eigenvalue weighted by Gasteiger charge is -2.18. The van der Waals surface area contributed by atoms with Crippen LogP contribution in [0.5, 0.6) is 5.75 Å². The number of nitrogens with zero attached hydrogens (tertiary/aromatic N) is 1. The maximum absolute atomic E-state index is 11.6. The monoisotopic (exact) mass is 456 g/mol. The lowest BCUT2D eigenvalue weighted by molar-refractivity contribution is -0.0598. The van der Waals surface area contributed by atoms with E-state index in [1.807, 2.05) is 36.4 Å². The van der Waals surface area contributed by atoms with Crippen molar-refractivity contribution in [3.63, 3.8) is 0 Å². The van der Waals surface area contributed by atoms with E-state index in [-0.39, 0.29) is 12.8 Å². The molecular formula is C27H40N2O4. The van der Waals surface area contributed by atoms with Crippen molar-refractivity contribution in [3.8, 4) is 18.1 Å². The molecule has 33 heavy (non-hydrogen) atoms. The average Bonchev–Trinajstić information content (AvgIpc) is 2.85. The zero-order valence-corrected chi connectivity index (χ0v) is 21.0. The minimum atomic E-state index is -0.668. The van der Waals surface area contributed by atoms with Crippen LogP contribution in [0, 0.1) is 12.3 Å². The Hall–Kier alpha value is -3.01. The first-order valence-corrected chi connectivity index (χ1v) is 11.2. The summed E-state index contributed by atoms with van der Waals surface area (Å²) >= 11 is 0. The Morgan fingerprint density at radius 2 is 1.48 bits per heavy atom. The maximum atomic E-state index is 11.6. The van der Waals surface area contributed by atoms with E-state index in [0.717, 1.165) is 5.06 Å². The summed E-state index contributed by atoms with van der Waals surface area (Å²) in [5.74, 6) is 3.12. The van der Waals surface area contributed by atoms with Crippen molar-refractivity contribution in [1.29, 1.82) is 0 Å². The number of hydrogen-bond acceptors (Lipinski definition) is 4. The molecule has 182 valence electrons. The fraction of sp³-hybridized carbons (Fsp3) is 0.444. The molecule has 2 aromatic carbocycles. The van der Waals surface area contributed by atoms with Gasteiger partial charge >= 0.3 is 6.03 Å². The molecule has 0 aliphatic rings. The highest BCUT2D eigenvalue weighted by Crippen LogP contribution is 2.17. The molecule has 2 aromatic rings. The molecule has 0 bridgehead atoms. The number of carbonyl (C=O) groups excluding carboxylic acids is 1. The molecule has 0 aliphatic carbocycles. The van der Waals surface area contributed by atoms with Crippen LogP contribution in [0.4, 0.5) is 10.5 Å². The molecule has 0 aliphatic heterocycles. The zero-order chi connectivity index (χ0) is 25.0. The SMILES string of the molecule is C#CC(C)(C)OCOc1ccc(NC(=O)N(C)OC)cc1.CCCCCC.c1ccccc1. The van der Waals surface area contributed by atoms with E-state index >= 15 is 0 Å². The highest BCUT2D eigenvalue weighted by molar-refractivity contribution is 5.88. The molecule has 0 saturated carbocycles. The molecule has 0 saturated heterocycles. The average molecular weight is 457 g/mol. The van der Waals surface area contributed by atoms with Crippen LogP contribution in [0.25, 0.3) is 0 Å². The molecule has 0 atom stereocenters. The molecule has 0 fully saturated rings. The Labute approximate surface area is 200 Å². The van der Waals surface area contributed by atoms with Crippen LogP contribution in [-0.2, 0) is 9.57 Å². The zero-order valence-electron chi connectivity index (χ0n) is 21.0. The third kappa shape index (κ3) is 16.3. The minimum absolute atomic E-state index is 0.0509. The first-order chi connectivity index (χ1) is 15.8. The van der Waals surface area contributed by atoms with E-state index in [1.54, 1.807) is 38.1 Å². The van der Waals surface area contributed by atoms with E-state index in [4.69, 9.17) is 20.7 Å². The summed E-state index contributed by atoms with van der Waals surface area (Å²) in [6.45, 7) is 8.07. The summed E-state index contributed by atoms with van der Waals surface area (Å²) in [4.78, 5) is 16.3. The van der Waals surface area contributed by atoms with Crippen molar-refractivity contribution in [2.24, 2.45) is 0 Å². The molecular weight excluding hydrogens is 416 g/mol. The number of anilines is 1. The van der Waals surface area contributed by atoms with E-state index in [0.29, 0.717) is 11.4 Å². The number of terminal acetylenes is 1. The molecule has 2 amide bonds. The third-order valence-corrected chi connectivity index (χ3v) is 4.28. The Kier molecular flexibility index (Phi) is 16.9. The summed E-state index contributed by atoms with van der Waals surface area (Å²) in [5, 5.41) is 3.74. The molecule has 0 spiro atoms. The number of rotatable bonds is 9. The van der Waals surface area contributed by atoms with Gasteiger partial charge in [0.15, 0.2) is 6.79 Å². The second-order valence-electron chi connectivity index (χ2n) is 7.56. The Morgan fingerprint density at radius 3 is 1.88 bits per heavy atom. The Bertz CT molecular complexity index is 740.